The van der Waals surface area contributed by atoms with E-state index in [1.165, 1.54) is 11.1 Å². The van der Waals surface area contributed by atoms with Crippen LogP contribution in [-0.4, -0.2) is 38.8 Å². The van der Waals surface area contributed by atoms with Crippen LogP contribution in [0.15, 0.2) is 42.5 Å². The zero-order valence-corrected chi connectivity index (χ0v) is 17.4. The maximum atomic E-state index is 13.1. The number of carbonyl (C=O) groups is 1. The molecular weight excluding hydrogens is 388 g/mol. The van der Waals surface area contributed by atoms with Gasteiger partial charge in [-0.15, -0.1) is 12.4 Å². The van der Waals surface area contributed by atoms with Crippen molar-refractivity contribution in [3.63, 3.8) is 0 Å². The van der Waals surface area contributed by atoms with Crippen molar-refractivity contribution < 1.29 is 14.3 Å². The fourth-order valence-electron chi connectivity index (χ4n) is 5.35. The Morgan fingerprint density at radius 3 is 2.79 bits per heavy atom. The molecule has 1 aliphatic carbocycles. The first-order valence-electron chi connectivity index (χ1n) is 10.1. The van der Waals surface area contributed by atoms with Gasteiger partial charge >= 0.3 is 0 Å². The van der Waals surface area contributed by atoms with E-state index in [9.17, 15) is 4.79 Å². The largest absolute Gasteiger partial charge is 0.493 e. The molecule has 29 heavy (non-hydrogen) atoms. The van der Waals surface area contributed by atoms with Crippen LogP contribution in [0.2, 0.25) is 0 Å². The second-order valence-corrected chi connectivity index (χ2v) is 8.02. The van der Waals surface area contributed by atoms with Crippen LogP contribution >= 0.6 is 12.4 Å². The number of hydrogen-bond donors (Lipinski definition) is 2. The van der Waals surface area contributed by atoms with Crippen LogP contribution in [0.25, 0.3) is 0 Å². The standard InChI is InChI=1S/C23H26N2O3.ClH/c1-27-21-20(25-22(26)16-6-7-19-15(14-16)8-13-28-19)17-4-2-3-5-18(17)23(21)9-11-24-12-10-23;/h2-7,14,20-21,24H,8-13H2,1H3,(H,25,26);1H/t20-,21+;/m1./s1. The highest BCUT2D eigenvalue weighted by Crippen LogP contribution is 2.51. The number of fused-ring (bicyclic) bond motifs is 3. The van der Waals surface area contributed by atoms with Crippen LogP contribution in [0, 0.1) is 0 Å². The van der Waals surface area contributed by atoms with Gasteiger partial charge in [0.05, 0.1) is 18.8 Å². The van der Waals surface area contributed by atoms with Gasteiger partial charge in [-0.05, 0) is 60.8 Å². The van der Waals surface area contributed by atoms with Gasteiger partial charge < -0.3 is 20.1 Å². The summed E-state index contributed by atoms with van der Waals surface area (Å²) in [6.07, 6.45) is 2.84. The minimum absolute atomic E-state index is 0. The van der Waals surface area contributed by atoms with Crippen molar-refractivity contribution in [3.8, 4) is 5.75 Å². The van der Waals surface area contributed by atoms with Crippen LogP contribution in [0.4, 0.5) is 0 Å². The fraction of sp³-hybridized carbons (Fsp3) is 0.435. The quantitative estimate of drug-likeness (QED) is 0.810. The first-order valence-corrected chi connectivity index (χ1v) is 10.1. The van der Waals surface area contributed by atoms with Gasteiger partial charge in [-0.2, -0.15) is 0 Å². The molecule has 0 radical (unpaired) electrons. The lowest BCUT2D eigenvalue weighted by Crippen LogP contribution is -2.49. The third-order valence-corrected chi connectivity index (χ3v) is 6.67. The molecule has 5 nitrogen and oxygen atoms in total. The van der Waals surface area contributed by atoms with E-state index in [2.05, 4.69) is 34.9 Å². The molecular formula is C23H27ClN2O3. The molecule has 0 unspecified atom stereocenters. The zero-order chi connectivity index (χ0) is 19.1. The van der Waals surface area contributed by atoms with E-state index in [4.69, 9.17) is 9.47 Å². The Balaban J connectivity index is 0.00000205. The van der Waals surface area contributed by atoms with Gasteiger partial charge in [0.25, 0.3) is 5.91 Å². The van der Waals surface area contributed by atoms with Crippen molar-refractivity contribution in [2.24, 2.45) is 0 Å². The van der Waals surface area contributed by atoms with E-state index in [1.807, 2.05) is 18.2 Å². The number of ether oxygens (including phenoxy) is 2. The van der Waals surface area contributed by atoms with Gasteiger partial charge in [0, 0.05) is 24.5 Å². The summed E-state index contributed by atoms with van der Waals surface area (Å²) in [4.78, 5) is 13.1. The molecule has 1 saturated heterocycles. The van der Waals surface area contributed by atoms with Crippen molar-refractivity contribution in [1.29, 1.82) is 0 Å². The molecule has 1 fully saturated rings. The van der Waals surface area contributed by atoms with Crippen LogP contribution in [0.3, 0.4) is 0 Å². The van der Waals surface area contributed by atoms with Crippen molar-refractivity contribution in [2.75, 3.05) is 26.8 Å². The number of methoxy groups -OCH3 is 1. The molecule has 1 spiro atoms. The second kappa shape index (κ2) is 7.98. The Hall–Kier alpha value is -2.08. The molecule has 0 bridgehead atoms. The molecule has 6 heteroatoms. The topological polar surface area (TPSA) is 59.6 Å². The number of benzene rings is 2. The smallest absolute Gasteiger partial charge is 0.251 e. The summed E-state index contributed by atoms with van der Waals surface area (Å²) in [7, 11) is 1.77. The maximum Gasteiger partial charge on any atom is 0.251 e. The highest BCUT2D eigenvalue weighted by molar-refractivity contribution is 5.95. The lowest BCUT2D eigenvalue weighted by Gasteiger charge is -2.40. The molecule has 2 atom stereocenters. The Labute approximate surface area is 177 Å². The van der Waals surface area contributed by atoms with Crippen molar-refractivity contribution in [2.45, 2.75) is 36.8 Å². The Morgan fingerprint density at radius 2 is 2.00 bits per heavy atom. The molecule has 0 saturated carbocycles. The average Bonchev–Trinajstić information content (AvgIpc) is 3.30. The Kier molecular flexibility index (Phi) is 5.56. The van der Waals surface area contributed by atoms with Crippen molar-refractivity contribution in [3.05, 3.63) is 64.7 Å². The van der Waals surface area contributed by atoms with Crippen molar-refractivity contribution >= 4 is 18.3 Å². The molecule has 2 aromatic rings. The Morgan fingerprint density at radius 1 is 1.21 bits per heavy atom. The first-order chi connectivity index (χ1) is 13.7. The number of nitrogens with one attached hydrogen (secondary N) is 2. The van der Waals surface area contributed by atoms with Crippen molar-refractivity contribution in [1.82, 2.24) is 10.6 Å². The van der Waals surface area contributed by atoms with E-state index in [-0.39, 0.29) is 35.9 Å². The molecule has 2 heterocycles. The molecule has 0 aromatic heterocycles. The highest BCUT2D eigenvalue weighted by Gasteiger charge is 2.53. The van der Waals surface area contributed by atoms with Gasteiger partial charge in [-0.1, -0.05) is 24.3 Å². The van der Waals surface area contributed by atoms with Crippen LogP contribution in [0.1, 0.15) is 45.9 Å². The normalized spacial score (nSPS) is 23.6. The predicted molar refractivity (Wildman–Crippen MR) is 114 cm³/mol. The zero-order valence-electron chi connectivity index (χ0n) is 16.6. The summed E-state index contributed by atoms with van der Waals surface area (Å²) in [5.74, 6) is 0.841. The summed E-state index contributed by atoms with van der Waals surface area (Å²) in [6, 6.07) is 14.1. The van der Waals surface area contributed by atoms with Crippen LogP contribution in [0.5, 0.6) is 5.75 Å². The molecule has 2 aromatic carbocycles. The molecule has 154 valence electrons. The molecule has 2 aliphatic heterocycles. The van der Waals surface area contributed by atoms with E-state index in [1.54, 1.807) is 7.11 Å². The van der Waals surface area contributed by atoms with E-state index < -0.39 is 0 Å². The number of piperidine rings is 1. The highest BCUT2D eigenvalue weighted by atomic mass is 35.5. The maximum absolute atomic E-state index is 13.1. The molecule has 3 aliphatic rings. The number of halogens is 1. The summed E-state index contributed by atoms with van der Waals surface area (Å²) in [6.45, 7) is 2.64. The minimum atomic E-state index is -0.142. The minimum Gasteiger partial charge on any atom is -0.493 e. The van der Waals surface area contributed by atoms with Gasteiger partial charge in [0.1, 0.15) is 5.75 Å². The average molecular weight is 415 g/mol. The van der Waals surface area contributed by atoms with Gasteiger partial charge in [0.15, 0.2) is 0 Å². The number of carbonyl (C=O) groups excluding carboxylic acids is 1. The predicted octanol–water partition coefficient (Wildman–Crippen LogP) is 3.16. The van der Waals surface area contributed by atoms with E-state index in [0.717, 1.165) is 43.7 Å². The fourth-order valence-corrected chi connectivity index (χ4v) is 5.35. The van der Waals surface area contributed by atoms with Crippen LogP contribution < -0.4 is 15.4 Å². The first kappa shape index (κ1) is 20.2. The van der Waals surface area contributed by atoms with Gasteiger partial charge in [-0.25, -0.2) is 0 Å². The number of rotatable bonds is 3. The van der Waals surface area contributed by atoms with Gasteiger partial charge in [-0.3, -0.25) is 4.79 Å². The second-order valence-electron chi connectivity index (χ2n) is 8.02. The van der Waals surface area contributed by atoms with Gasteiger partial charge in [0.2, 0.25) is 0 Å². The third kappa shape index (κ3) is 3.21. The summed E-state index contributed by atoms with van der Waals surface area (Å²) in [5, 5.41) is 6.75. The number of amides is 1. The summed E-state index contributed by atoms with van der Waals surface area (Å²) < 4.78 is 11.6. The Bertz CT molecular complexity index is 911. The molecule has 1 amide bonds. The van der Waals surface area contributed by atoms with E-state index in [0.29, 0.717) is 12.2 Å². The summed E-state index contributed by atoms with van der Waals surface area (Å²) in [5.41, 5.74) is 4.27. The number of hydrogen-bond acceptors (Lipinski definition) is 4. The third-order valence-electron chi connectivity index (χ3n) is 6.67. The molecule has 5 rings (SSSR count). The lowest BCUT2D eigenvalue weighted by atomic mass is 9.72. The monoisotopic (exact) mass is 414 g/mol. The lowest BCUT2D eigenvalue weighted by molar-refractivity contribution is 0.00397. The SMILES string of the molecule is CO[C@H]1[C@H](NC(=O)c2ccc3c(c2)CCO3)c2ccccc2C12CCNCC2.Cl. The van der Waals surface area contributed by atoms with E-state index >= 15 is 0 Å². The van der Waals surface area contributed by atoms with Crippen LogP contribution in [-0.2, 0) is 16.6 Å². The summed E-state index contributed by atoms with van der Waals surface area (Å²) >= 11 is 0. The molecule has 2 N–H and O–H groups in total.